The number of hydrogen-bond acceptors (Lipinski definition) is 6. The number of esters is 1. The minimum atomic E-state index is -2.44. The summed E-state index contributed by atoms with van der Waals surface area (Å²) in [5.41, 5.74) is 0.563. The summed E-state index contributed by atoms with van der Waals surface area (Å²) in [5, 5.41) is 5.64. The van der Waals surface area contributed by atoms with Gasteiger partial charge < -0.3 is 20.3 Å². The summed E-state index contributed by atoms with van der Waals surface area (Å²) < 4.78 is 18.3. The van der Waals surface area contributed by atoms with Crippen molar-refractivity contribution in [1.82, 2.24) is 20.6 Å². The van der Waals surface area contributed by atoms with E-state index in [-0.39, 0.29) is 25.7 Å². The maximum absolute atomic E-state index is 13.8. The lowest BCUT2D eigenvalue weighted by Crippen LogP contribution is -2.51. The van der Waals surface area contributed by atoms with E-state index in [1.807, 2.05) is 0 Å². The Labute approximate surface area is 149 Å². The third-order valence-electron chi connectivity index (χ3n) is 3.84. The molecule has 26 heavy (non-hydrogen) atoms. The third kappa shape index (κ3) is 4.10. The van der Waals surface area contributed by atoms with Gasteiger partial charge in [-0.1, -0.05) is 6.08 Å². The number of carbonyl (C=O) groups excluding carboxylic acids is 4. The molecule has 11 heteroatoms. The van der Waals surface area contributed by atoms with E-state index < -0.39 is 36.3 Å². The SMILES string of the molecule is CCOC(=O)[C@H](F)ON1C(=O)N2C[C@@H]1C=C(C)[C@H]2C(=O)NCNC(C)=O. The van der Waals surface area contributed by atoms with Crippen molar-refractivity contribution in [1.29, 1.82) is 0 Å². The highest BCUT2D eigenvalue weighted by Crippen LogP contribution is 2.30. The van der Waals surface area contributed by atoms with Crippen LogP contribution in [-0.4, -0.2) is 72.0 Å². The lowest BCUT2D eigenvalue weighted by atomic mass is 10.00. The van der Waals surface area contributed by atoms with E-state index in [2.05, 4.69) is 15.4 Å². The van der Waals surface area contributed by atoms with Crippen molar-refractivity contribution in [3.05, 3.63) is 11.6 Å². The van der Waals surface area contributed by atoms with Gasteiger partial charge in [-0.25, -0.2) is 18.8 Å². The van der Waals surface area contributed by atoms with Crippen LogP contribution >= 0.6 is 0 Å². The second-order valence-corrected chi connectivity index (χ2v) is 5.77. The number of rotatable bonds is 7. The van der Waals surface area contributed by atoms with E-state index in [0.29, 0.717) is 5.57 Å². The van der Waals surface area contributed by atoms with Crippen molar-refractivity contribution in [2.24, 2.45) is 0 Å². The monoisotopic (exact) mass is 372 g/mol. The molecule has 0 spiro atoms. The van der Waals surface area contributed by atoms with Crippen molar-refractivity contribution in [2.75, 3.05) is 19.8 Å². The second kappa shape index (κ2) is 8.13. The second-order valence-electron chi connectivity index (χ2n) is 5.77. The molecule has 2 rings (SSSR count). The molecule has 1 saturated heterocycles. The Hall–Kier alpha value is -2.69. The zero-order valence-electron chi connectivity index (χ0n) is 14.7. The van der Waals surface area contributed by atoms with E-state index >= 15 is 0 Å². The Bertz CT molecular complexity index is 640. The number of hydroxylamine groups is 2. The molecule has 0 aromatic rings. The number of nitrogens with zero attached hydrogens (tertiary/aromatic N) is 2. The quantitative estimate of drug-likeness (QED) is 0.351. The Kier molecular flexibility index (Phi) is 6.14. The summed E-state index contributed by atoms with van der Waals surface area (Å²) in [7, 11) is 0. The molecule has 2 heterocycles. The molecule has 144 valence electrons. The van der Waals surface area contributed by atoms with Crippen LogP contribution in [0.5, 0.6) is 0 Å². The van der Waals surface area contributed by atoms with Crippen LogP contribution < -0.4 is 10.6 Å². The maximum atomic E-state index is 13.8. The highest BCUT2D eigenvalue weighted by atomic mass is 19.1. The zero-order valence-corrected chi connectivity index (χ0v) is 14.7. The fraction of sp³-hybridized carbons (Fsp3) is 0.600. The van der Waals surface area contributed by atoms with Crippen LogP contribution in [0.25, 0.3) is 0 Å². The van der Waals surface area contributed by atoms with Crippen LogP contribution in [0.1, 0.15) is 20.8 Å². The Morgan fingerprint density at radius 1 is 1.38 bits per heavy atom. The van der Waals surface area contributed by atoms with Crippen LogP contribution in [0.15, 0.2) is 11.6 Å². The first kappa shape index (κ1) is 19.6. The lowest BCUT2D eigenvalue weighted by Gasteiger charge is -2.29. The van der Waals surface area contributed by atoms with Gasteiger partial charge in [-0.05, 0) is 19.4 Å². The number of carbonyl (C=O) groups is 4. The highest BCUT2D eigenvalue weighted by Gasteiger charge is 2.48. The fourth-order valence-corrected chi connectivity index (χ4v) is 2.77. The molecule has 0 aromatic carbocycles. The molecule has 2 aliphatic heterocycles. The van der Waals surface area contributed by atoms with Gasteiger partial charge in [0.05, 0.1) is 25.9 Å². The smallest absolute Gasteiger partial charge is 0.370 e. The van der Waals surface area contributed by atoms with E-state index in [1.165, 1.54) is 18.7 Å². The summed E-state index contributed by atoms with van der Waals surface area (Å²) in [6.07, 6.45) is -0.845. The molecule has 4 amide bonds. The number of alkyl halides is 1. The van der Waals surface area contributed by atoms with Crippen molar-refractivity contribution in [3.8, 4) is 0 Å². The number of fused-ring (bicyclic) bond motifs is 2. The molecule has 0 radical (unpaired) electrons. The van der Waals surface area contributed by atoms with E-state index in [1.54, 1.807) is 13.0 Å². The molecule has 2 bridgehead atoms. The number of amides is 4. The van der Waals surface area contributed by atoms with Gasteiger partial charge in [0.15, 0.2) is 0 Å². The summed E-state index contributed by atoms with van der Waals surface area (Å²) in [5.74, 6) is -2.04. The summed E-state index contributed by atoms with van der Waals surface area (Å²) in [4.78, 5) is 53.0. The summed E-state index contributed by atoms with van der Waals surface area (Å²) in [6, 6.07) is -2.29. The Balaban J connectivity index is 2.05. The Morgan fingerprint density at radius 3 is 2.69 bits per heavy atom. The molecular weight excluding hydrogens is 351 g/mol. The first-order valence-electron chi connectivity index (χ1n) is 8.04. The number of nitrogens with one attached hydrogen (secondary N) is 2. The van der Waals surface area contributed by atoms with Gasteiger partial charge in [0, 0.05) is 6.92 Å². The molecule has 0 unspecified atom stereocenters. The number of urea groups is 1. The van der Waals surface area contributed by atoms with Gasteiger partial charge in [-0.3, -0.25) is 9.59 Å². The molecule has 0 aromatic heterocycles. The summed E-state index contributed by atoms with van der Waals surface area (Å²) in [6.45, 7) is 4.46. The molecule has 2 N–H and O–H groups in total. The zero-order chi connectivity index (χ0) is 19.4. The van der Waals surface area contributed by atoms with Crippen molar-refractivity contribution in [3.63, 3.8) is 0 Å². The van der Waals surface area contributed by atoms with Crippen LogP contribution in [0.4, 0.5) is 9.18 Å². The standard InChI is InChI=1S/C15H21FN4O6/c1-4-25-14(23)12(16)26-20-10-5-8(2)11(19(6-10)15(20)24)13(22)18-7-17-9(3)21/h5,10-12H,4,6-7H2,1-3H3,(H,17,21)(H,18,22)/t10-,11-,12+/m0/s1. The van der Waals surface area contributed by atoms with Gasteiger partial charge in [-0.2, -0.15) is 5.06 Å². The number of hydrogen-bond donors (Lipinski definition) is 2. The van der Waals surface area contributed by atoms with Gasteiger partial charge in [-0.15, -0.1) is 0 Å². The number of halogens is 1. The summed E-state index contributed by atoms with van der Waals surface area (Å²) >= 11 is 0. The molecule has 0 saturated carbocycles. The topological polar surface area (TPSA) is 117 Å². The van der Waals surface area contributed by atoms with Gasteiger partial charge >= 0.3 is 18.4 Å². The fourth-order valence-electron chi connectivity index (χ4n) is 2.77. The van der Waals surface area contributed by atoms with Gasteiger partial charge in [0.25, 0.3) is 0 Å². The van der Waals surface area contributed by atoms with Crippen LogP contribution in [0.2, 0.25) is 0 Å². The molecular formula is C15H21FN4O6. The minimum absolute atomic E-state index is 0.0261. The van der Waals surface area contributed by atoms with Crippen molar-refractivity contribution < 1.29 is 33.1 Å². The Morgan fingerprint density at radius 2 is 2.08 bits per heavy atom. The average Bonchev–Trinajstić information content (AvgIpc) is 2.80. The van der Waals surface area contributed by atoms with E-state index in [4.69, 9.17) is 4.84 Å². The van der Waals surface area contributed by atoms with Crippen molar-refractivity contribution >= 4 is 23.8 Å². The first-order valence-corrected chi connectivity index (χ1v) is 8.04. The number of ether oxygens (including phenoxy) is 1. The van der Waals surface area contributed by atoms with Gasteiger partial charge in [0.2, 0.25) is 11.8 Å². The molecule has 3 atom stereocenters. The largest absolute Gasteiger partial charge is 0.462 e. The van der Waals surface area contributed by atoms with E-state index in [9.17, 15) is 23.6 Å². The lowest BCUT2D eigenvalue weighted by molar-refractivity contribution is -0.223. The van der Waals surface area contributed by atoms with Crippen LogP contribution in [0.3, 0.4) is 0 Å². The third-order valence-corrected chi connectivity index (χ3v) is 3.84. The van der Waals surface area contributed by atoms with Crippen LogP contribution in [0, 0.1) is 0 Å². The first-order chi connectivity index (χ1) is 12.3. The molecule has 1 fully saturated rings. The molecule has 0 aliphatic carbocycles. The maximum Gasteiger partial charge on any atom is 0.370 e. The molecule has 10 nitrogen and oxygen atoms in total. The predicted octanol–water partition coefficient (Wildman–Crippen LogP) is -0.579. The average molecular weight is 372 g/mol. The van der Waals surface area contributed by atoms with Crippen molar-refractivity contribution in [2.45, 2.75) is 39.2 Å². The van der Waals surface area contributed by atoms with Gasteiger partial charge in [0.1, 0.15) is 6.04 Å². The molecule has 2 aliphatic rings. The normalized spacial score (nSPS) is 22.6. The van der Waals surface area contributed by atoms with Crippen LogP contribution in [-0.2, 0) is 24.0 Å². The highest BCUT2D eigenvalue weighted by molar-refractivity contribution is 5.91. The minimum Gasteiger partial charge on any atom is -0.462 e. The van der Waals surface area contributed by atoms with E-state index in [0.717, 1.165) is 5.06 Å². The predicted molar refractivity (Wildman–Crippen MR) is 84.7 cm³/mol.